The Morgan fingerprint density at radius 1 is 1.24 bits per heavy atom. The Balaban J connectivity index is 0.00000151. The number of hydrogen-bond acceptors (Lipinski definition) is 7. The van der Waals surface area contributed by atoms with Gasteiger partial charge in [0, 0.05) is 0 Å². The molecule has 0 radical (unpaired) electrons. The lowest BCUT2D eigenvalue weighted by molar-refractivity contribution is -0.241. The van der Waals surface area contributed by atoms with Crippen LogP contribution in [0.1, 0.15) is 27.7 Å². The molecular weight excluding hydrogens is 369 g/mol. The van der Waals surface area contributed by atoms with Crippen molar-refractivity contribution in [2.24, 2.45) is 0 Å². The van der Waals surface area contributed by atoms with Crippen molar-refractivity contribution in [3.63, 3.8) is 0 Å². The molecule has 0 aromatic heterocycles. The molecule has 0 spiro atoms. The molecule has 0 N–H and O–H groups in total. The average Bonchev–Trinajstić information content (AvgIpc) is 2.83. The monoisotopic (exact) mass is 392 g/mol. The maximum Gasteiger partial charge on any atom is 0.523 e. The Bertz CT molecular complexity index is 547. The van der Waals surface area contributed by atoms with E-state index in [-0.39, 0.29) is 6.61 Å². The van der Waals surface area contributed by atoms with Crippen LogP contribution < -0.4 is 0 Å². The summed E-state index contributed by atoms with van der Waals surface area (Å²) < 4.78 is 85.5. The van der Waals surface area contributed by atoms with Crippen molar-refractivity contribution in [1.82, 2.24) is 0 Å². The van der Waals surface area contributed by atoms with Crippen molar-refractivity contribution < 1.29 is 44.7 Å². The van der Waals surface area contributed by atoms with Crippen LogP contribution in [0.4, 0.5) is 13.2 Å². The van der Waals surface area contributed by atoms with E-state index in [1.54, 1.807) is 0 Å². The fourth-order valence-electron chi connectivity index (χ4n) is 2.30. The van der Waals surface area contributed by atoms with E-state index in [0.29, 0.717) is 0 Å². The highest BCUT2D eigenvalue weighted by Crippen LogP contribution is 2.38. The summed E-state index contributed by atoms with van der Waals surface area (Å²) in [6.45, 7) is 10.2. The zero-order valence-corrected chi connectivity index (χ0v) is 15.2. The summed E-state index contributed by atoms with van der Waals surface area (Å²) in [6, 6.07) is 0. The van der Waals surface area contributed by atoms with Crippen molar-refractivity contribution in [2.75, 3.05) is 13.2 Å². The van der Waals surface area contributed by atoms with E-state index in [0.717, 1.165) is 0 Å². The average molecular weight is 392 g/mol. The van der Waals surface area contributed by atoms with Gasteiger partial charge in [0.15, 0.2) is 12.1 Å². The number of fused-ring (bicyclic) bond motifs is 1. The highest BCUT2D eigenvalue weighted by molar-refractivity contribution is 7.87. The SMILES string of the molecule is C=CCO[C@H]1OC[C@@H](OS(=O)(=O)C(F)(F)F)[C@@H]2OC(C)(C)O[C@H]12.CC. The number of hydrogen-bond donors (Lipinski definition) is 0. The normalized spacial score (nSPS) is 31.6. The highest BCUT2D eigenvalue weighted by Gasteiger charge is 2.57. The maximum atomic E-state index is 12.5. The molecule has 0 unspecified atom stereocenters. The Labute approximate surface area is 145 Å². The summed E-state index contributed by atoms with van der Waals surface area (Å²) in [5, 5.41) is 0. The highest BCUT2D eigenvalue weighted by atomic mass is 32.2. The van der Waals surface area contributed by atoms with Crippen LogP contribution >= 0.6 is 0 Å². The first-order valence-electron chi connectivity index (χ1n) is 7.66. The van der Waals surface area contributed by atoms with Crippen molar-refractivity contribution in [1.29, 1.82) is 0 Å². The second-order valence-electron chi connectivity index (χ2n) is 5.42. The molecule has 148 valence electrons. The van der Waals surface area contributed by atoms with Gasteiger partial charge in [-0.15, -0.1) is 6.58 Å². The van der Waals surface area contributed by atoms with Crippen LogP contribution in [-0.4, -0.2) is 57.5 Å². The van der Waals surface area contributed by atoms with E-state index in [1.165, 1.54) is 19.9 Å². The molecule has 0 aromatic rings. The first kappa shape index (κ1) is 22.3. The first-order chi connectivity index (χ1) is 11.5. The van der Waals surface area contributed by atoms with Gasteiger partial charge >= 0.3 is 15.6 Å². The van der Waals surface area contributed by atoms with Crippen LogP contribution in [0.15, 0.2) is 12.7 Å². The zero-order chi connectivity index (χ0) is 19.5. The van der Waals surface area contributed by atoms with E-state index in [2.05, 4.69) is 10.8 Å². The van der Waals surface area contributed by atoms with Gasteiger partial charge in [-0.2, -0.15) is 21.6 Å². The summed E-state index contributed by atoms with van der Waals surface area (Å²) in [5.74, 6) is -1.15. The minimum atomic E-state index is -5.78. The van der Waals surface area contributed by atoms with Crippen molar-refractivity contribution in [3.05, 3.63) is 12.7 Å². The van der Waals surface area contributed by atoms with Crippen LogP contribution in [0.5, 0.6) is 0 Å². The molecule has 0 aromatic carbocycles. The van der Waals surface area contributed by atoms with Gasteiger partial charge in [-0.25, -0.2) is 0 Å². The minimum absolute atomic E-state index is 0.115. The lowest BCUT2D eigenvalue weighted by Crippen LogP contribution is -2.54. The van der Waals surface area contributed by atoms with Crippen molar-refractivity contribution in [2.45, 2.75) is 63.6 Å². The van der Waals surface area contributed by atoms with E-state index in [9.17, 15) is 21.6 Å². The van der Waals surface area contributed by atoms with Gasteiger partial charge in [0.1, 0.15) is 18.3 Å². The molecule has 4 atom stereocenters. The van der Waals surface area contributed by atoms with Crippen LogP contribution in [0.25, 0.3) is 0 Å². The summed E-state index contributed by atoms with van der Waals surface area (Å²) in [6.07, 6.45) is -3.02. The number of ether oxygens (including phenoxy) is 4. The molecule has 2 aliphatic heterocycles. The topological polar surface area (TPSA) is 80.3 Å². The maximum absolute atomic E-state index is 12.5. The van der Waals surface area contributed by atoms with Gasteiger partial charge in [0.2, 0.25) is 0 Å². The van der Waals surface area contributed by atoms with Crippen LogP contribution in [0.3, 0.4) is 0 Å². The second kappa shape index (κ2) is 8.31. The molecule has 0 saturated carbocycles. The molecule has 2 rings (SSSR count). The number of rotatable bonds is 5. The van der Waals surface area contributed by atoms with E-state index in [4.69, 9.17) is 18.9 Å². The van der Waals surface area contributed by atoms with Gasteiger partial charge in [-0.05, 0) is 13.8 Å². The summed E-state index contributed by atoms with van der Waals surface area (Å²) >= 11 is 0. The molecule has 25 heavy (non-hydrogen) atoms. The van der Waals surface area contributed by atoms with E-state index >= 15 is 0 Å². The molecule has 0 bridgehead atoms. The third-order valence-corrected chi connectivity index (χ3v) is 4.20. The van der Waals surface area contributed by atoms with Crippen molar-refractivity contribution in [3.8, 4) is 0 Å². The molecule has 2 heterocycles. The first-order valence-corrected chi connectivity index (χ1v) is 9.07. The lowest BCUT2D eigenvalue weighted by Gasteiger charge is -2.35. The molecule has 0 aliphatic carbocycles. The Morgan fingerprint density at radius 2 is 1.80 bits per heavy atom. The summed E-state index contributed by atoms with van der Waals surface area (Å²) in [4.78, 5) is 0. The molecule has 2 aliphatic rings. The summed E-state index contributed by atoms with van der Waals surface area (Å²) in [7, 11) is -5.78. The Morgan fingerprint density at radius 3 is 2.32 bits per heavy atom. The fourth-order valence-corrected chi connectivity index (χ4v) is 2.90. The zero-order valence-electron chi connectivity index (χ0n) is 14.4. The van der Waals surface area contributed by atoms with Gasteiger partial charge < -0.3 is 18.9 Å². The minimum Gasteiger partial charge on any atom is -0.347 e. The van der Waals surface area contributed by atoms with Gasteiger partial charge in [-0.3, -0.25) is 4.18 Å². The largest absolute Gasteiger partial charge is 0.523 e. The second-order valence-corrected chi connectivity index (χ2v) is 6.99. The third-order valence-electron chi connectivity index (χ3n) is 3.14. The van der Waals surface area contributed by atoms with Crippen molar-refractivity contribution >= 4 is 10.1 Å². The van der Waals surface area contributed by atoms with Gasteiger partial charge in [-0.1, -0.05) is 19.9 Å². The predicted molar refractivity (Wildman–Crippen MR) is 80.9 cm³/mol. The molecule has 11 heteroatoms. The number of alkyl halides is 3. The molecule has 2 fully saturated rings. The fraction of sp³-hybridized carbons (Fsp3) is 0.857. The Hall–Kier alpha value is -0.720. The quantitative estimate of drug-likeness (QED) is 0.404. The van der Waals surface area contributed by atoms with E-state index in [1.807, 2.05) is 13.8 Å². The summed E-state index contributed by atoms with van der Waals surface area (Å²) in [5.41, 5.74) is -5.53. The van der Waals surface area contributed by atoms with Crippen LogP contribution in [0.2, 0.25) is 0 Å². The predicted octanol–water partition coefficient (Wildman–Crippen LogP) is 2.33. The third kappa shape index (κ3) is 5.38. The Kier molecular flexibility index (Phi) is 7.42. The van der Waals surface area contributed by atoms with Crippen LogP contribution in [-0.2, 0) is 33.2 Å². The van der Waals surface area contributed by atoms with E-state index < -0.39 is 52.6 Å². The molecule has 7 nitrogen and oxygen atoms in total. The number of halogens is 3. The smallest absolute Gasteiger partial charge is 0.347 e. The molecule has 0 amide bonds. The molecule has 2 saturated heterocycles. The van der Waals surface area contributed by atoms with Gasteiger partial charge in [0.05, 0.1) is 13.2 Å². The van der Waals surface area contributed by atoms with Crippen LogP contribution in [0, 0.1) is 0 Å². The lowest BCUT2D eigenvalue weighted by atomic mass is 10.1. The standard InChI is InChI=1S/C12H17F3O7S.C2H6/c1-4-5-18-10-9-8(20-11(2,3)21-9)7(6-19-10)22-23(16,17)12(13,14)15;1-2/h4,7-10H,1,5-6H2,2-3H3;1-2H3/t7-,8+,9+,10+;/m1./s1. The van der Waals surface area contributed by atoms with Gasteiger partial charge in [0.25, 0.3) is 0 Å². The molecular formula is C14H23F3O7S.